The van der Waals surface area contributed by atoms with Gasteiger partial charge in [0.05, 0.1) is 6.26 Å². The van der Waals surface area contributed by atoms with Crippen LogP contribution in [0.3, 0.4) is 0 Å². The minimum atomic E-state index is -0.396. The molecular weight excluding hydrogens is 180 g/mol. The summed E-state index contributed by atoms with van der Waals surface area (Å²) in [4.78, 5) is 23.0. The van der Waals surface area contributed by atoms with Crippen LogP contribution in [0.25, 0.3) is 0 Å². The van der Waals surface area contributed by atoms with Gasteiger partial charge >= 0.3 is 0 Å². The van der Waals surface area contributed by atoms with E-state index < -0.39 is 11.6 Å². The van der Waals surface area contributed by atoms with Crippen LogP contribution >= 0.6 is 0 Å². The van der Waals surface area contributed by atoms with E-state index >= 15 is 0 Å². The van der Waals surface area contributed by atoms with E-state index in [9.17, 15) is 9.59 Å². The monoisotopic (exact) mass is 188 g/mol. The van der Waals surface area contributed by atoms with Crippen LogP contribution in [0.2, 0.25) is 0 Å². The number of fused-ring (bicyclic) bond motifs is 1. The van der Waals surface area contributed by atoms with E-state index in [1.165, 1.54) is 0 Å². The Morgan fingerprint density at radius 1 is 1.14 bits per heavy atom. The summed E-state index contributed by atoms with van der Waals surface area (Å²) < 4.78 is 0. The first kappa shape index (κ1) is 8.69. The number of ketones is 2. The lowest BCUT2D eigenvalue weighted by molar-refractivity contribution is 0.0984. The quantitative estimate of drug-likeness (QED) is 0.384. The molecule has 0 saturated heterocycles. The van der Waals surface area contributed by atoms with Crippen molar-refractivity contribution in [1.29, 1.82) is 0 Å². The van der Waals surface area contributed by atoms with Crippen LogP contribution in [0.5, 0.6) is 0 Å². The van der Waals surface area contributed by atoms with E-state index in [0.29, 0.717) is 17.4 Å². The van der Waals surface area contributed by atoms with Gasteiger partial charge in [0.1, 0.15) is 5.57 Å². The smallest absolute Gasteiger partial charge is 0.200 e. The molecule has 0 unspecified atom stereocenters. The number of rotatable bonds is 0. The minimum Gasteiger partial charge on any atom is -0.515 e. The highest BCUT2D eigenvalue weighted by Crippen LogP contribution is 2.26. The maximum atomic E-state index is 11.5. The molecule has 1 aliphatic rings. The molecule has 0 saturated carbocycles. The van der Waals surface area contributed by atoms with E-state index in [1.54, 1.807) is 18.2 Å². The van der Waals surface area contributed by atoms with Gasteiger partial charge in [-0.05, 0) is 13.0 Å². The van der Waals surface area contributed by atoms with Crippen molar-refractivity contribution in [3.63, 3.8) is 0 Å². The van der Waals surface area contributed by atoms with Gasteiger partial charge in [0.15, 0.2) is 0 Å². The molecule has 0 aliphatic heterocycles. The standard InChI is InChI=1S/C11H8O3/c1-6-2-3-7-8(4-6)11(14)9(5-12)10(7)13/h2-5,12H,1H3/b9-5-. The Morgan fingerprint density at radius 2 is 1.79 bits per heavy atom. The lowest BCUT2D eigenvalue weighted by atomic mass is 10.1. The molecular formula is C11H8O3. The van der Waals surface area contributed by atoms with E-state index in [-0.39, 0.29) is 5.57 Å². The predicted molar refractivity (Wildman–Crippen MR) is 50.6 cm³/mol. The van der Waals surface area contributed by atoms with Crippen molar-refractivity contribution in [2.75, 3.05) is 0 Å². The molecule has 14 heavy (non-hydrogen) atoms. The molecule has 0 bridgehead atoms. The van der Waals surface area contributed by atoms with E-state index in [2.05, 4.69) is 0 Å². The van der Waals surface area contributed by atoms with Crippen LogP contribution in [0, 0.1) is 6.92 Å². The Bertz CT molecular complexity index is 469. The summed E-state index contributed by atoms with van der Waals surface area (Å²) in [6.07, 6.45) is 0.583. The second kappa shape index (κ2) is 2.80. The molecule has 0 amide bonds. The van der Waals surface area contributed by atoms with Crippen molar-refractivity contribution < 1.29 is 14.7 Å². The number of carbonyl (C=O) groups is 2. The summed E-state index contributed by atoms with van der Waals surface area (Å²) in [5.74, 6) is -0.788. The number of aliphatic hydroxyl groups excluding tert-OH is 1. The second-order valence-corrected chi connectivity index (χ2v) is 3.25. The summed E-state index contributed by atoms with van der Waals surface area (Å²) >= 11 is 0. The van der Waals surface area contributed by atoms with E-state index in [4.69, 9.17) is 5.11 Å². The van der Waals surface area contributed by atoms with Crippen LogP contribution in [0.4, 0.5) is 0 Å². The van der Waals surface area contributed by atoms with Crippen LogP contribution in [-0.4, -0.2) is 16.7 Å². The Hall–Kier alpha value is -1.90. The third-order valence-electron chi connectivity index (χ3n) is 2.28. The predicted octanol–water partition coefficient (Wildman–Crippen LogP) is 1.82. The number of aryl methyl sites for hydroxylation is 1. The summed E-state index contributed by atoms with van der Waals surface area (Å²) in [7, 11) is 0. The Morgan fingerprint density at radius 3 is 2.43 bits per heavy atom. The Kier molecular flexibility index (Phi) is 1.74. The normalized spacial score (nSPS) is 17.6. The topological polar surface area (TPSA) is 54.4 Å². The van der Waals surface area contributed by atoms with Crippen LogP contribution < -0.4 is 0 Å². The number of hydrogen-bond donors (Lipinski definition) is 1. The molecule has 1 aromatic carbocycles. The Balaban J connectivity index is 2.70. The van der Waals surface area contributed by atoms with Crippen molar-refractivity contribution in [2.45, 2.75) is 6.92 Å². The fourth-order valence-corrected chi connectivity index (χ4v) is 1.55. The van der Waals surface area contributed by atoms with Gasteiger partial charge in [0.2, 0.25) is 11.6 Å². The largest absolute Gasteiger partial charge is 0.515 e. The average Bonchev–Trinajstić information content (AvgIpc) is 2.39. The van der Waals surface area contributed by atoms with Gasteiger partial charge < -0.3 is 5.11 Å². The molecule has 3 nitrogen and oxygen atoms in total. The van der Waals surface area contributed by atoms with Gasteiger partial charge in [-0.15, -0.1) is 0 Å². The molecule has 1 N–H and O–H groups in total. The molecule has 70 valence electrons. The number of Topliss-reactive ketones (excluding diaryl/α,β-unsaturated/α-hetero) is 2. The first-order valence-electron chi connectivity index (χ1n) is 4.19. The molecule has 0 atom stereocenters. The van der Waals surface area contributed by atoms with Gasteiger partial charge in [-0.25, -0.2) is 0 Å². The zero-order chi connectivity index (χ0) is 10.3. The van der Waals surface area contributed by atoms with Gasteiger partial charge in [-0.2, -0.15) is 0 Å². The molecule has 0 aromatic heterocycles. The fraction of sp³-hybridized carbons (Fsp3) is 0.0909. The van der Waals surface area contributed by atoms with Gasteiger partial charge in [0.25, 0.3) is 0 Å². The number of aliphatic hydroxyl groups is 1. The van der Waals surface area contributed by atoms with Crippen molar-refractivity contribution in [3.05, 3.63) is 46.7 Å². The summed E-state index contributed by atoms with van der Waals surface area (Å²) in [6.45, 7) is 1.85. The minimum absolute atomic E-state index is 0.148. The SMILES string of the molecule is Cc1ccc2c(c1)C(=O)/C(=C\O)C2=O. The highest BCUT2D eigenvalue weighted by atomic mass is 16.2. The third-order valence-corrected chi connectivity index (χ3v) is 2.28. The van der Waals surface area contributed by atoms with Crippen LogP contribution in [0.1, 0.15) is 26.3 Å². The lowest BCUT2D eigenvalue weighted by Gasteiger charge is -1.95. The number of benzene rings is 1. The molecule has 1 aliphatic carbocycles. The Labute approximate surface area is 80.7 Å². The lowest BCUT2D eigenvalue weighted by Crippen LogP contribution is -1.99. The fourth-order valence-electron chi connectivity index (χ4n) is 1.55. The molecule has 0 spiro atoms. The van der Waals surface area contributed by atoms with E-state index in [0.717, 1.165) is 5.56 Å². The van der Waals surface area contributed by atoms with Gasteiger partial charge in [0, 0.05) is 11.1 Å². The maximum Gasteiger partial charge on any atom is 0.200 e. The maximum absolute atomic E-state index is 11.5. The third kappa shape index (κ3) is 0.988. The van der Waals surface area contributed by atoms with Crippen molar-refractivity contribution in [1.82, 2.24) is 0 Å². The zero-order valence-electron chi connectivity index (χ0n) is 7.57. The van der Waals surface area contributed by atoms with Crippen molar-refractivity contribution >= 4 is 11.6 Å². The summed E-state index contributed by atoms with van der Waals surface area (Å²) in [6, 6.07) is 5.04. The van der Waals surface area contributed by atoms with Crippen molar-refractivity contribution in [3.8, 4) is 0 Å². The number of hydrogen-bond acceptors (Lipinski definition) is 3. The molecule has 3 heteroatoms. The number of allylic oxidation sites excluding steroid dienone is 1. The molecule has 0 heterocycles. The molecule has 0 fully saturated rings. The summed E-state index contributed by atoms with van der Waals surface area (Å²) in [5.41, 5.74) is 1.53. The van der Waals surface area contributed by atoms with Gasteiger partial charge in [-0.3, -0.25) is 9.59 Å². The molecule has 0 radical (unpaired) electrons. The molecule has 2 rings (SSSR count). The van der Waals surface area contributed by atoms with E-state index in [1.807, 2.05) is 6.92 Å². The highest BCUT2D eigenvalue weighted by molar-refractivity contribution is 6.39. The first-order valence-corrected chi connectivity index (χ1v) is 4.19. The first-order chi connectivity index (χ1) is 6.65. The van der Waals surface area contributed by atoms with Crippen LogP contribution in [-0.2, 0) is 0 Å². The summed E-state index contributed by atoms with van der Waals surface area (Å²) in [5, 5.41) is 8.74. The number of carbonyl (C=O) groups excluding carboxylic acids is 2. The highest BCUT2D eigenvalue weighted by Gasteiger charge is 2.33. The van der Waals surface area contributed by atoms with Crippen LogP contribution in [0.15, 0.2) is 30.0 Å². The van der Waals surface area contributed by atoms with Crippen molar-refractivity contribution in [2.24, 2.45) is 0 Å². The average molecular weight is 188 g/mol. The zero-order valence-corrected chi connectivity index (χ0v) is 7.57. The second-order valence-electron chi connectivity index (χ2n) is 3.25. The molecule has 1 aromatic rings. The van der Waals surface area contributed by atoms with Gasteiger partial charge in [-0.1, -0.05) is 17.7 Å².